The summed E-state index contributed by atoms with van der Waals surface area (Å²) in [5, 5.41) is 40.1. The van der Waals surface area contributed by atoms with Crippen molar-refractivity contribution < 1.29 is 25.2 Å². The van der Waals surface area contributed by atoms with Crippen molar-refractivity contribution >= 4 is 0 Å². The first-order valence-electron chi connectivity index (χ1n) is 20.6. The second kappa shape index (κ2) is 38.1. The van der Waals surface area contributed by atoms with Gasteiger partial charge in [-0.15, -0.1) is 0 Å². The van der Waals surface area contributed by atoms with Gasteiger partial charge in [0.25, 0.3) is 0 Å². The first kappa shape index (κ1) is 46.3. The van der Waals surface area contributed by atoms with Crippen LogP contribution in [-0.4, -0.2) is 58.1 Å². The normalized spacial score (nSPS) is 14.8. The van der Waals surface area contributed by atoms with Crippen LogP contribution in [0.4, 0.5) is 0 Å². The molecular formula is C42H82O5. The molecule has 0 aromatic carbocycles. The third-order valence-electron chi connectivity index (χ3n) is 9.58. The molecule has 0 rings (SSSR count). The molecule has 0 amide bonds. The van der Waals surface area contributed by atoms with E-state index in [-0.39, 0.29) is 13.2 Å². The maximum atomic E-state index is 10.4. The Bertz CT molecular complexity index is 597. The van der Waals surface area contributed by atoms with Gasteiger partial charge in [-0.25, -0.2) is 0 Å². The number of allylic oxidation sites excluding steroid dienone is 4. The molecule has 0 saturated heterocycles. The molecule has 0 aromatic heterocycles. The van der Waals surface area contributed by atoms with Gasteiger partial charge in [-0.2, -0.15) is 0 Å². The zero-order valence-corrected chi connectivity index (χ0v) is 31.4. The highest BCUT2D eigenvalue weighted by Gasteiger charge is 2.27. The van der Waals surface area contributed by atoms with Crippen molar-refractivity contribution in [1.82, 2.24) is 0 Å². The van der Waals surface area contributed by atoms with E-state index in [0.29, 0.717) is 12.8 Å². The molecule has 0 aromatic rings. The second-order valence-electron chi connectivity index (χ2n) is 14.2. The predicted molar refractivity (Wildman–Crippen MR) is 203 cm³/mol. The molecule has 4 atom stereocenters. The smallest absolute Gasteiger partial charge is 0.103 e. The minimum absolute atomic E-state index is 0.354. The molecular weight excluding hydrogens is 584 g/mol. The third kappa shape index (κ3) is 32.3. The highest BCUT2D eigenvalue weighted by molar-refractivity contribution is 4.82. The van der Waals surface area contributed by atoms with E-state index in [0.717, 1.165) is 25.7 Å². The molecule has 0 heterocycles. The lowest BCUT2D eigenvalue weighted by atomic mass is 10.0. The van der Waals surface area contributed by atoms with Crippen LogP contribution >= 0.6 is 0 Å². The topological polar surface area (TPSA) is 90.2 Å². The number of aliphatic hydroxyl groups is 4. The summed E-state index contributed by atoms with van der Waals surface area (Å²) in [4.78, 5) is 0. The zero-order valence-electron chi connectivity index (χ0n) is 31.4. The summed E-state index contributed by atoms with van der Waals surface area (Å²) in [6.07, 6.45) is 42.7. The van der Waals surface area contributed by atoms with Gasteiger partial charge in [0, 0.05) is 0 Å². The van der Waals surface area contributed by atoms with E-state index in [1.807, 2.05) is 0 Å². The third-order valence-corrected chi connectivity index (χ3v) is 9.58. The average Bonchev–Trinajstić information content (AvgIpc) is 3.09. The number of rotatable bonds is 38. The Labute approximate surface area is 293 Å². The molecule has 0 aliphatic heterocycles. The van der Waals surface area contributed by atoms with Crippen LogP contribution in [0.25, 0.3) is 0 Å². The Hall–Kier alpha value is -0.720. The standard InChI is InChI=1S/C42H82O5/c1-3-5-7-9-11-13-15-17-19-21-23-25-27-29-31-33-35-41(39(45)37-43)47-42(40(46)38-44)36-34-32-30-28-26-24-22-20-18-16-14-12-10-8-6-4-2/h17-20,39-46H,3-16,21-38H2,1-2H3/b19-17-,20-18-. The van der Waals surface area contributed by atoms with Gasteiger partial charge >= 0.3 is 0 Å². The Morgan fingerprint density at radius 1 is 0.383 bits per heavy atom. The van der Waals surface area contributed by atoms with Crippen molar-refractivity contribution in [3.63, 3.8) is 0 Å². The molecule has 4 N–H and O–H groups in total. The molecule has 0 spiro atoms. The van der Waals surface area contributed by atoms with Crippen LogP contribution in [0, 0.1) is 0 Å². The first-order chi connectivity index (χ1) is 23.1. The number of aliphatic hydroxyl groups excluding tert-OH is 4. The Morgan fingerprint density at radius 3 is 0.915 bits per heavy atom. The van der Waals surface area contributed by atoms with Crippen molar-refractivity contribution in [2.24, 2.45) is 0 Å². The van der Waals surface area contributed by atoms with Crippen LogP contribution in [0.3, 0.4) is 0 Å². The molecule has 47 heavy (non-hydrogen) atoms. The molecule has 0 aliphatic carbocycles. The molecule has 4 unspecified atom stereocenters. The fourth-order valence-corrected chi connectivity index (χ4v) is 6.35. The minimum atomic E-state index is -0.966. The number of hydrogen-bond acceptors (Lipinski definition) is 5. The van der Waals surface area contributed by atoms with Crippen molar-refractivity contribution in [3.05, 3.63) is 24.3 Å². The Balaban J connectivity index is 4.02. The SMILES string of the molecule is CCCCCCCC/C=C\CCCCCCCCC(OC(CCCCCCCC/C=C\CCCCCCCC)C(O)CO)C(O)CO. The quantitative estimate of drug-likeness (QED) is 0.0389. The lowest BCUT2D eigenvalue weighted by Gasteiger charge is -2.30. The van der Waals surface area contributed by atoms with E-state index in [4.69, 9.17) is 4.74 Å². The van der Waals surface area contributed by atoms with Crippen molar-refractivity contribution in [2.75, 3.05) is 13.2 Å². The maximum Gasteiger partial charge on any atom is 0.103 e. The van der Waals surface area contributed by atoms with Crippen molar-refractivity contribution in [3.8, 4) is 0 Å². The molecule has 280 valence electrons. The van der Waals surface area contributed by atoms with Crippen molar-refractivity contribution in [1.29, 1.82) is 0 Å². The largest absolute Gasteiger partial charge is 0.394 e. The van der Waals surface area contributed by atoms with Gasteiger partial charge in [0.05, 0.1) is 25.4 Å². The lowest BCUT2D eigenvalue weighted by molar-refractivity contribution is -0.137. The molecule has 0 saturated carbocycles. The molecule has 0 radical (unpaired) electrons. The monoisotopic (exact) mass is 667 g/mol. The van der Waals surface area contributed by atoms with E-state index >= 15 is 0 Å². The summed E-state index contributed by atoms with van der Waals surface area (Å²) in [6.45, 7) is 3.82. The summed E-state index contributed by atoms with van der Waals surface area (Å²) in [5.74, 6) is 0. The highest BCUT2D eigenvalue weighted by Crippen LogP contribution is 2.20. The van der Waals surface area contributed by atoms with Gasteiger partial charge < -0.3 is 25.2 Å². The van der Waals surface area contributed by atoms with E-state index in [2.05, 4.69) is 38.2 Å². The van der Waals surface area contributed by atoms with Gasteiger partial charge in [-0.05, 0) is 64.2 Å². The van der Waals surface area contributed by atoms with Gasteiger partial charge in [0.15, 0.2) is 0 Å². The van der Waals surface area contributed by atoms with Gasteiger partial charge in [0.2, 0.25) is 0 Å². The second-order valence-corrected chi connectivity index (χ2v) is 14.2. The predicted octanol–water partition coefficient (Wildman–Crippen LogP) is 11.3. The first-order valence-corrected chi connectivity index (χ1v) is 20.6. The molecule has 0 fully saturated rings. The Kier molecular flexibility index (Phi) is 37.5. The van der Waals surface area contributed by atoms with Crippen LogP contribution < -0.4 is 0 Å². The van der Waals surface area contributed by atoms with Crippen LogP contribution in [0.15, 0.2) is 24.3 Å². The van der Waals surface area contributed by atoms with E-state index < -0.39 is 24.4 Å². The summed E-state index contributed by atoms with van der Waals surface area (Å²) in [5.41, 5.74) is 0. The summed E-state index contributed by atoms with van der Waals surface area (Å²) in [7, 11) is 0. The van der Waals surface area contributed by atoms with Gasteiger partial charge in [-0.3, -0.25) is 0 Å². The van der Waals surface area contributed by atoms with Crippen LogP contribution in [0.5, 0.6) is 0 Å². The number of hydrogen-bond donors (Lipinski definition) is 4. The zero-order chi connectivity index (χ0) is 34.5. The van der Waals surface area contributed by atoms with E-state index in [9.17, 15) is 20.4 Å². The van der Waals surface area contributed by atoms with Crippen LogP contribution in [0.1, 0.15) is 206 Å². The lowest BCUT2D eigenvalue weighted by Crippen LogP contribution is -2.41. The minimum Gasteiger partial charge on any atom is -0.394 e. The van der Waals surface area contributed by atoms with Gasteiger partial charge in [0.1, 0.15) is 12.2 Å². The van der Waals surface area contributed by atoms with Crippen LogP contribution in [-0.2, 0) is 4.74 Å². The molecule has 5 heteroatoms. The van der Waals surface area contributed by atoms with E-state index in [1.54, 1.807) is 0 Å². The molecule has 0 bridgehead atoms. The maximum absolute atomic E-state index is 10.4. The summed E-state index contributed by atoms with van der Waals surface area (Å²) >= 11 is 0. The highest BCUT2D eigenvalue weighted by atomic mass is 16.5. The van der Waals surface area contributed by atoms with E-state index in [1.165, 1.54) is 154 Å². The van der Waals surface area contributed by atoms with Crippen molar-refractivity contribution in [2.45, 2.75) is 231 Å². The molecule has 0 aliphatic rings. The Morgan fingerprint density at radius 2 is 0.638 bits per heavy atom. The number of unbranched alkanes of at least 4 members (excludes halogenated alkanes) is 24. The number of ether oxygens (including phenoxy) is 1. The fourth-order valence-electron chi connectivity index (χ4n) is 6.35. The average molecular weight is 667 g/mol. The summed E-state index contributed by atoms with van der Waals surface area (Å²) < 4.78 is 6.17. The fraction of sp³-hybridized carbons (Fsp3) is 0.905. The van der Waals surface area contributed by atoms with Crippen LogP contribution in [0.2, 0.25) is 0 Å². The van der Waals surface area contributed by atoms with Gasteiger partial charge in [-0.1, -0.05) is 167 Å². The summed E-state index contributed by atoms with van der Waals surface area (Å²) in [6, 6.07) is 0. The molecule has 5 nitrogen and oxygen atoms in total.